The number of ether oxygens (including phenoxy) is 1. The van der Waals surface area contributed by atoms with Gasteiger partial charge in [0.25, 0.3) is 5.91 Å². The standard InChI is InChI=1S/C20H23ClN2O5S/c1-14(28-18-6-4-17(24)5-7-18)20(25)23-12-10-16(11-13-23)22-29(26,27)19-8-2-15(21)3-9-19/h2-9,14,16,22,24H,10-13H2,1H3. The fourth-order valence-corrected chi connectivity index (χ4v) is 4.59. The molecule has 0 aliphatic carbocycles. The van der Waals surface area contributed by atoms with Crippen LogP contribution in [0.4, 0.5) is 0 Å². The van der Waals surface area contributed by atoms with Gasteiger partial charge in [-0.1, -0.05) is 11.6 Å². The lowest BCUT2D eigenvalue weighted by molar-refractivity contribution is -0.139. The first kappa shape index (κ1) is 21.4. The van der Waals surface area contributed by atoms with E-state index in [4.69, 9.17) is 16.3 Å². The summed E-state index contributed by atoms with van der Waals surface area (Å²) in [5.74, 6) is 0.464. The Morgan fingerprint density at radius 1 is 1.14 bits per heavy atom. The number of rotatable bonds is 6. The normalized spacial score (nSPS) is 16.4. The highest BCUT2D eigenvalue weighted by Crippen LogP contribution is 2.20. The molecule has 2 N–H and O–H groups in total. The minimum absolute atomic E-state index is 0.124. The van der Waals surface area contributed by atoms with Crippen LogP contribution in [0.15, 0.2) is 53.4 Å². The van der Waals surface area contributed by atoms with E-state index < -0.39 is 16.1 Å². The number of halogens is 1. The quantitative estimate of drug-likeness (QED) is 0.723. The van der Waals surface area contributed by atoms with E-state index in [1.54, 1.807) is 24.0 Å². The van der Waals surface area contributed by atoms with Crippen molar-refractivity contribution in [3.05, 3.63) is 53.6 Å². The average Bonchev–Trinajstić information content (AvgIpc) is 2.70. The van der Waals surface area contributed by atoms with E-state index in [2.05, 4.69) is 4.72 Å². The summed E-state index contributed by atoms with van der Waals surface area (Å²) in [7, 11) is -3.63. The zero-order valence-electron chi connectivity index (χ0n) is 15.9. The Kier molecular flexibility index (Phi) is 6.66. The number of nitrogens with one attached hydrogen (secondary N) is 1. The highest BCUT2D eigenvalue weighted by Gasteiger charge is 2.29. The summed E-state index contributed by atoms with van der Waals surface area (Å²) in [6.45, 7) is 2.55. The molecule has 2 aromatic rings. The molecule has 0 aromatic heterocycles. The van der Waals surface area contributed by atoms with Crippen LogP contribution in [-0.4, -0.2) is 49.6 Å². The van der Waals surface area contributed by atoms with Gasteiger partial charge in [0, 0.05) is 24.2 Å². The van der Waals surface area contributed by atoms with Gasteiger partial charge in [-0.15, -0.1) is 0 Å². The summed E-state index contributed by atoms with van der Waals surface area (Å²) in [6, 6.07) is 11.9. The van der Waals surface area contributed by atoms with Crippen LogP contribution in [0.25, 0.3) is 0 Å². The van der Waals surface area contributed by atoms with Gasteiger partial charge < -0.3 is 14.7 Å². The fraction of sp³-hybridized carbons (Fsp3) is 0.350. The zero-order valence-corrected chi connectivity index (χ0v) is 17.5. The molecular formula is C20H23ClN2O5S. The molecule has 0 saturated carbocycles. The molecule has 7 nitrogen and oxygen atoms in total. The molecule has 0 bridgehead atoms. The largest absolute Gasteiger partial charge is 0.508 e. The van der Waals surface area contributed by atoms with E-state index in [-0.39, 0.29) is 22.6 Å². The number of phenolic OH excluding ortho intramolecular Hbond substituents is 1. The monoisotopic (exact) mass is 438 g/mol. The van der Waals surface area contributed by atoms with Crippen LogP contribution in [-0.2, 0) is 14.8 Å². The number of sulfonamides is 1. The van der Waals surface area contributed by atoms with Crippen molar-refractivity contribution in [2.45, 2.75) is 36.8 Å². The van der Waals surface area contributed by atoms with Crippen LogP contribution < -0.4 is 9.46 Å². The van der Waals surface area contributed by atoms with E-state index in [0.29, 0.717) is 36.7 Å². The van der Waals surface area contributed by atoms with Gasteiger partial charge >= 0.3 is 0 Å². The second-order valence-electron chi connectivity index (χ2n) is 6.93. The number of phenols is 1. The van der Waals surface area contributed by atoms with Gasteiger partial charge in [0.2, 0.25) is 10.0 Å². The third kappa shape index (κ3) is 5.62. The van der Waals surface area contributed by atoms with Crippen molar-refractivity contribution in [2.24, 2.45) is 0 Å². The van der Waals surface area contributed by atoms with Crippen LogP contribution in [0.3, 0.4) is 0 Å². The molecule has 0 spiro atoms. The first-order chi connectivity index (χ1) is 13.7. The number of aromatic hydroxyl groups is 1. The Balaban J connectivity index is 1.52. The third-order valence-electron chi connectivity index (χ3n) is 4.75. The number of carbonyl (C=O) groups is 1. The van der Waals surface area contributed by atoms with Crippen molar-refractivity contribution in [3.63, 3.8) is 0 Å². The predicted octanol–water partition coefficient (Wildman–Crippen LogP) is 2.78. The Hall–Kier alpha value is -2.29. The van der Waals surface area contributed by atoms with E-state index in [1.807, 2.05) is 0 Å². The van der Waals surface area contributed by atoms with Gasteiger partial charge in [0.05, 0.1) is 4.90 Å². The third-order valence-corrected chi connectivity index (χ3v) is 6.54. The predicted molar refractivity (Wildman–Crippen MR) is 110 cm³/mol. The summed E-state index contributed by atoms with van der Waals surface area (Å²) in [5, 5.41) is 9.78. The van der Waals surface area contributed by atoms with Gasteiger partial charge in [-0.2, -0.15) is 0 Å². The molecule has 1 amide bonds. The highest BCUT2D eigenvalue weighted by molar-refractivity contribution is 7.89. The van der Waals surface area contributed by atoms with Crippen molar-refractivity contribution < 1.29 is 23.1 Å². The Morgan fingerprint density at radius 2 is 1.72 bits per heavy atom. The maximum atomic E-state index is 12.6. The van der Waals surface area contributed by atoms with Crippen molar-refractivity contribution >= 4 is 27.5 Å². The van der Waals surface area contributed by atoms with Crippen LogP contribution in [0.2, 0.25) is 5.02 Å². The Labute approximate surface area is 175 Å². The SMILES string of the molecule is CC(Oc1ccc(O)cc1)C(=O)N1CCC(NS(=O)(=O)c2ccc(Cl)cc2)CC1. The number of benzene rings is 2. The van der Waals surface area contributed by atoms with E-state index >= 15 is 0 Å². The molecule has 1 aliphatic heterocycles. The molecule has 29 heavy (non-hydrogen) atoms. The van der Waals surface area contributed by atoms with Crippen LogP contribution in [0.1, 0.15) is 19.8 Å². The number of hydrogen-bond acceptors (Lipinski definition) is 5. The van der Waals surface area contributed by atoms with Gasteiger partial charge in [0.1, 0.15) is 11.5 Å². The molecule has 156 valence electrons. The van der Waals surface area contributed by atoms with Crippen molar-refractivity contribution in [1.29, 1.82) is 0 Å². The maximum Gasteiger partial charge on any atom is 0.263 e. The molecule has 9 heteroatoms. The van der Waals surface area contributed by atoms with Gasteiger partial charge in [-0.3, -0.25) is 4.79 Å². The molecule has 1 heterocycles. The molecule has 2 aromatic carbocycles. The van der Waals surface area contributed by atoms with Gasteiger partial charge in [-0.25, -0.2) is 13.1 Å². The second-order valence-corrected chi connectivity index (χ2v) is 9.08. The number of piperidine rings is 1. The Morgan fingerprint density at radius 3 is 2.31 bits per heavy atom. The average molecular weight is 439 g/mol. The summed E-state index contributed by atoms with van der Waals surface area (Å²) >= 11 is 5.81. The molecule has 0 radical (unpaired) electrons. The van der Waals surface area contributed by atoms with E-state index in [1.165, 1.54) is 36.4 Å². The molecular weight excluding hydrogens is 416 g/mol. The minimum atomic E-state index is -3.63. The lowest BCUT2D eigenvalue weighted by atomic mass is 10.1. The minimum Gasteiger partial charge on any atom is -0.508 e. The highest BCUT2D eigenvalue weighted by atomic mass is 35.5. The van der Waals surface area contributed by atoms with E-state index in [9.17, 15) is 18.3 Å². The number of hydrogen-bond donors (Lipinski definition) is 2. The maximum absolute atomic E-state index is 12.6. The topological polar surface area (TPSA) is 95.9 Å². The molecule has 1 saturated heterocycles. The first-order valence-electron chi connectivity index (χ1n) is 9.27. The molecule has 1 atom stereocenters. The summed E-state index contributed by atoms with van der Waals surface area (Å²) in [5.41, 5.74) is 0. The number of nitrogens with zero attached hydrogens (tertiary/aromatic N) is 1. The summed E-state index contributed by atoms with van der Waals surface area (Å²) in [4.78, 5) is 14.5. The van der Waals surface area contributed by atoms with Gasteiger partial charge in [-0.05, 0) is 68.3 Å². The number of likely N-dealkylation sites (tertiary alicyclic amines) is 1. The van der Waals surface area contributed by atoms with Crippen molar-refractivity contribution in [1.82, 2.24) is 9.62 Å². The number of amides is 1. The van der Waals surface area contributed by atoms with E-state index in [0.717, 1.165) is 0 Å². The van der Waals surface area contributed by atoms with Crippen LogP contribution >= 0.6 is 11.6 Å². The number of carbonyl (C=O) groups excluding carboxylic acids is 1. The molecule has 1 aliphatic rings. The molecule has 1 unspecified atom stereocenters. The zero-order chi connectivity index (χ0) is 21.0. The first-order valence-corrected chi connectivity index (χ1v) is 11.1. The van der Waals surface area contributed by atoms with Gasteiger partial charge in [0.15, 0.2) is 6.10 Å². The van der Waals surface area contributed by atoms with Crippen LogP contribution in [0, 0.1) is 0 Å². The van der Waals surface area contributed by atoms with Crippen molar-refractivity contribution in [2.75, 3.05) is 13.1 Å². The molecule has 3 rings (SSSR count). The lowest BCUT2D eigenvalue weighted by Gasteiger charge is -2.33. The van der Waals surface area contributed by atoms with Crippen molar-refractivity contribution in [3.8, 4) is 11.5 Å². The lowest BCUT2D eigenvalue weighted by Crippen LogP contribution is -2.49. The summed E-state index contributed by atoms with van der Waals surface area (Å²) < 4.78 is 33.3. The molecule has 1 fully saturated rings. The second kappa shape index (κ2) is 9.02. The fourth-order valence-electron chi connectivity index (χ4n) is 3.16. The summed E-state index contributed by atoms with van der Waals surface area (Å²) in [6.07, 6.45) is 0.358. The Bertz CT molecular complexity index is 940. The van der Waals surface area contributed by atoms with Crippen LogP contribution in [0.5, 0.6) is 11.5 Å². The smallest absolute Gasteiger partial charge is 0.263 e.